The fourth-order valence-corrected chi connectivity index (χ4v) is 2.09. The predicted octanol–water partition coefficient (Wildman–Crippen LogP) is 2.53. The van der Waals surface area contributed by atoms with Crippen molar-refractivity contribution in [3.8, 4) is 17.1 Å². The van der Waals surface area contributed by atoms with Gasteiger partial charge in [0.05, 0.1) is 12.2 Å². The molecule has 2 N–H and O–H groups in total. The van der Waals surface area contributed by atoms with Crippen molar-refractivity contribution in [2.24, 2.45) is 0 Å². The van der Waals surface area contributed by atoms with E-state index in [9.17, 15) is 8.78 Å². The summed E-state index contributed by atoms with van der Waals surface area (Å²) in [7, 11) is 0. The molecular weight excluding hydrogens is 242 g/mol. The van der Waals surface area contributed by atoms with Crippen LogP contribution in [0.25, 0.3) is 11.3 Å². The monoisotopic (exact) mass is 252 g/mol. The maximum Gasteiger partial charge on any atom is 0.175 e. The van der Waals surface area contributed by atoms with Crippen LogP contribution in [0.2, 0.25) is 0 Å². The van der Waals surface area contributed by atoms with Gasteiger partial charge in [-0.05, 0) is 12.8 Å². The third-order valence-corrected chi connectivity index (χ3v) is 2.87. The second-order valence-electron chi connectivity index (χ2n) is 4.09. The van der Waals surface area contributed by atoms with Crippen molar-refractivity contribution in [2.45, 2.75) is 12.8 Å². The molecule has 18 heavy (non-hydrogen) atoms. The van der Waals surface area contributed by atoms with Crippen molar-refractivity contribution in [2.75, 3.05) is 12.3 Å². The van der Waals surface area contributed by atoms with Crippen LogP contribution in [-0.4, -0.2) is 11.8 Å². The smallest absolute Gasteiger partial charge is 0.175 e. The molecule has 0 saturated heterocycles. The first-order chi connectivity index (χ1) is 8.66. The molecule has 0 saturated carbocycles. The Morgan fingerprint density at radius 3 is 2.78 bits per heavy atom. The van der Waals surface area contributed by atoms with E-state index in [2.05, 4.69) is 5.16 Å². The number of aromatic nitrogens is 1. The second-order valence-corrected chi connectivity index (χ2v) is 4.09. The SMILES string of the molecule is Nc1cc(-c2c(F)cc(F)c3c2OCCC3)on1. The van der Waals surface area contributed by atoms with Gasteiger partial charge >= 0.3 is 0 Å². The molecule has 0 fully saturated rings. The quantitative estimate of drug-likeness (QED) is 0.847. The molecule has 2 aromatic rings. The molecule has 0 bridgehead atoms. The van der Waals surface area contributed by atoms with E-state index in [0.29, 0.717) is 25.0 Å². The molecule has 0 spiro atoms. The maximum absolute atomic E-state index is 13.9. The van der Waals surface area contributed by atoms with Gasteiger partial charge in [0.2, 0.25) is 0 Å². The van der Waals surface area contributed by atoms with Crippen molar-refractivity contribution in [1.29, 1.82) is 0 Å². The van der Waals surface area contributed by atoms with Crippen molar-refractivity contribution < 1.29 is 18.0 Å². The first kappa shape index (κ1) is 11.0. The van der Waals surface area contributed by atoms with E-state index in [1.54, 1.807) is 0 Å². The number of hydrogen-bond donors (Lipinski definition) is 1. The molecule has 2 heterocycles. The minimum absolute atomic E-state index is 0.0790. The molecule has 0 unspecified atom stereocenters. The van der Waals surface area contributed by atoms with Crippen LogP contribution in [0.15, 0.2) is 16.7 Å². The molecule has 0 amide bonds. The number of halogens is 2. The summed E-state index contributed by atoms with van der Waals surface area (Å²) in [5, 5.41) is 3.49. The first-order valence-electron chi connectivity index (χ1n) is 5.53. The molecule has 4 nitrogen and oxygen atoms in total. The zero-order chi connectivity index (χ0) is 12.7. The maximum atomic E-state index is 13.9. The third-order valence-electron chi connectivity index (χ3n) is 2.87. The lowest BCUT2D eigenvalue weighted by Crippen LogP contribution is -2.12. The number of hydrogen-bond acceptors (Lipinski definition) is 4. The highest BCUT2D eigenvalue weighted by atomic mass is 19.1. The molecule has 1 aliphatic heterocycles. The fraction of sp³-hybridized carbons (Fsp3) is 0.250. The summed E-state index contributed by atoms with van der Waals surface area (Å²) in [6, 6.07) is 2.22. The summed E-state index contributed by atoms with van der Waals surface area (Å²) in [6.45, 7) is 0.423. The number of anilines is 1. The molecule has 0 atom stereocenters. The number of benzene rings is 1. The predicted molar refractivity (Wildman–Crippen MR) is 60.1 cm³/mol. The molecule has 0 radical (unpaired) electrons. The van der Waals surface area contributed by atoms with Crippen molar-refractivity contribution in [3.05, 3.63) is 29.3 Å². The molecule has 1 aliphatic rings. The zero-order valence-electron chi connectivity index (χ0n) is 9.37. The van der Waals surface area contributed by atoms with Gasteiger partial charge in [-0.1, -0.05) is 5.16 Å². The standard InChI is InChI=1S/C12H10F2N2O2/c13-7-4-8(14)11(9-5-10(15)16-18-9)12-6(7)2-1-3-17-12/h4-5H,1-3H2,(H2,15,16). The lowest BCUT2D eigenvalue weighted by molar-refractivity contribution is 0.282. The van der Waals surface area contributed by atoms with Crippen LogP contribution in [0.4, 0.5) is 14.6 Å². The van der Waals surface area contributed by atoms with Gasteiger partial charge in [0.15, 0.2) is 11.6 Å². The van der Waals surface area contributed by atoms with Gasteiger partial charge in [0.25, 0.3) is 0 Å². The van der Waals surface area contributed by atoms with E-state index in [0.717, 1.165) is 6.07 Å². The average Bonchev–Trinajstić information content (AvgIpc) is 2.76. The van der Waals surface area contributed by atoms with Crippen LogP contribution in [0.1, 0.15) is 12.0 Å². The van der Waals surface area contributed by atoms with Crippen molar-refractivity contribution in [1.82, 2.24) is 5.16 Å². The Morgan fingerprint density at radius 2 is 2.06 bits per heavy atom. The number of rotatable bonds is 1. The van der Waals surface area contributed by atoms with Crippen LogP contribution in [-0.2, 0) is 6.42 Å². The Kier molecular flexibility index (Phi) is 2.43. The van der Waals surface area contributed by atoms with Gasteiger partial charge in [0, 0.05) is 17.7 Å². The highest BCUT2D eigenvalue weighted by molar-refractivity contribution is 5.70. The highest BCUT2D eigenvalue weighted by Gasteiger charge is 2.25. The van der Waals surface area contributed by atoms with Gasteiger partial charge in [0.1, 0.15) is 17.4 Å². The lowest BCUT2D eigenvalue weighted by atomic mass is 10.00. The van der Waals surface area contributed by atoms with E-state index in [-0.39, 0.29) is 22.9 Å². The molecule has 1 aromatic heterocycles. The number of nitrogens with zero attached hydrogens (tertiary/aromatic N) is 1. The fourth-order valence-electron chi connectivity index (χ4n) is 2.09. The van der Waals surface area contributed by atoms with Crippen LogP contribution >= 0.6 is 0 Å². The van der Waals surface area contributed by atoms with Gasteiger partial charge in [-0.25, -0.2) is 8.78 Å². The summed E-state index contributed by atoms with van der Waals surface area (Å²) >= 11 is 0. The summed E-state index contributed by atoms with van der Waals surface area (Å²) in [6.07, 6.45) is 1.21. The third kappa shape index (κ3) is 1.61. The van der Waals surface area contributed by atoms with E-state index in [4.69, 9.17) is 15.0 Å². The summed E-state index contributed by atoms with van der Waals surface area (Å²) in [4.78, 5) is 0. The number of ether oxygens (including phenoxy) is 1. The number of nitrogens with two attached hydrogens (primary N) is 1. The van der Waals surface area contributed by atoms with Crippen LogP contribution in [0.5, 0.6) is 5.75 Å². The minimum Gasteiger partial charge on any atom is -0.492 e. The molecule has 6 heteroatoms. The highest BCUT2D eigenvalue weighted by Crippen LogP contribution is 2.40. The molecule has 3 rings (SSSR count). The largest absolute Gasteiger partial charge is 0.492 e. The van der Waals surface area contributed by atoms with E-state index in [1.807, 2.05) is 0 Å². The average molecular weight is 252 g/mol. The number of nitrogen functional groups attached to an aromatic ring is 1. The first-order valence-corrected chi connectivity index (χ1v) is 5.53. The van der Waals surface area contributed by atoms with Crippen molar-refractivity contribution in [3.63, 3.8) is 0 Å². The zero-order valence-corrected chi connectivity index (χ0v) is 9.37. The Balaban J connectivity index is 2.25. The van der Waals surface area contributed by atoms with Gasteiger partial charge < -0.3 is 15.0 Å². The van der Waals surface area contributed by atoms with Crippen LogP contribution in [0.3, 0.4) is 0 Å². The summed E-state index contributed by atoms with van der Waals surface area (Å²) in [5.41, 5.74) is 5.88. The van der Waals surface area contributed by atoms with Crippen LogP contribution < -0.4 is 10.5 Å². The molecule has 94 valence electrons. The van der Waals surface area contributed by atoms with Gasteiger partial charge in [-0.15, -0.1) is 0 Å². The second kappa shape index (κ2) is 3.97. The van der Waals surface area contributed by atoms with E-state index >= 15 is 0 Å². The molecule has 0 aliphatic carbocycles. The molecular formula is C12H10F2N2O2. The normalized spacial score (nSPS) is 14.1. The van der Waals surface area contributed by atoms with Gasteiger partial charge in [-0.2, -0.15) is 0 Å². The Bertz CT molecular complexity index is 610. The number of fused-ring (bicyclic) bond motifs is 1. The topological polar surface area (TPSA) is 61.3 Å². The Morgan fingerprint density at radius 1 is 1.22 bits per heavy atom. The summed E-state index contributed by atoms with van der Waals surface area (Å²) in [5.74, 6) is -0.876. The van der Waals surface area contributed by atoms with E-state index in [1.165, 1.54) is 6.07 Å². The lowest BCUT2D eigenvalue weighted by Gasteiger charge is -2.20. The molecule has 1 aromatic carbocycles. The van der Waals surface area contributed by atoms with Crippen molar-refractivity contribution >= 4 is 5.82 Å². The summed E-state index contributed by atoms with van der Waals surface area (Å²) < 4.78 is 37.8. The Labute approximate surface area is 101 Å². The minimum atomic E-state index is -0.746. The van der Waals surface area contributed by atoms with Gasteiger partial charge in [-0.3, -0.25) is 0 Å². The van der Waals surface area contributed by atoms with E-state index < -0.39 is 11.6 Å². The van der Waals surface area contributed by atoms with Crippen LogP contribution in [0, 0.1) is 11.6 Å². The Hall–Kier alpha value is -2.11.